The van der Waals surface area contributed by atoms with Crippen molar-refractivity contribution in [3.8, 4) is 0 Å². The van der Waals surface area contributed by atoms with Crippen molar-refractivity contribution in [1.29, 1.82) is 0 Å². The molecule has 5 nitrogen and oxygen atoms in total. The molecule has 1 aliphatic carbocycles. The summed E-state index contributed by atoms with van der Waals surface area (Å²) >= 11 is 0. The van der Waals surface area contributed by atoms with E-state index < -0.39 is 0 Å². The standard InChI is InChI=1S/C16H23N3O2/c1-11-12(15(21)18-2)6-5-7-13(11)19-14(20)10-16(17)8-3-4-9-16/h5-7H,3-4,8-10,17H2,1-2H3,(H,18,21)(H,19,20). The first-order valence-electron chi connectivity index (χ1n) is 7.36. The van der Waals surface area contributed by atoms with Gasteiger partial charge < -0.3 is 16.4 Å². The number of nitrogens with two attached hydrogens (primary N) is 1. The molecule has 1 aliphatic rings. The molecule has 2 rings (SSSR count). The van der Waals surface area contributed by atoms with Gasteiger partial charge in [-0.15, -0.1) is 0 Å². The van der Waals surface area contributed by atoms with Crippen LogP contribution in [0.5, 0.6) is 0 Å². The van der Waals surface area contributed by atoms with Gasteiger partial charge in [0, 0.05) is 30.3 Å². The molecule has 0 bridgehead atoms. The molecule has 21 heavy (non-hydrogen) atoms. The molecule has 0 unspecified atom stereocenters. The summed E-state index contributed by atoms with van der Waals surface area (Å²) in [5.41, 5.74) is 7.87. The van der Waals surface area contributed by atoms with Crippen LogP contribution in [-0.2, 0) is 4.79 Å². The molecule has 1 aromatic carbocycles. The largest absolute Gasteiger partial charge is 0.355 e. The summed E-state index contributed by atoms with van der Waals surface area (Å²) in [6.07, 6.45) is 4.32. The molecule has 0 aromatic heterocycles. The van der Waals surface area contributed by atoms with Crippen LogP contribution in [0, 0.1) is 6.92 Å². The molecule has 114 valence electrons. The number of nitrogens with one attached hydrogen (secondary N) is 2. The highest BCUT2D eigenvalue weighted by Gasteiger charge is 2.31. The number of amides is 2. The number of anilines is 1. The van der Waals surface area contributed by atoms with Gasteiger partial charge >= 0.3 is 0 Å². The maximum Gasteiger partial charge on any atom is 0.251 e. The summed E-state index contributed by atoms with van der Waals surface area (Å²) in [5, 5.41) is 5.48. The van der Waals surface area contributed by atoms with Gasteiger partial charge in [-0.1, -0.05) is 18.9 Å². The van der Waals surface area contributed by atoms with Crippen molar-refractivity contribution in [2.24, 2.45) is 5.73 Å². The van der Waals surface area contributed by atoms with Crippen molar-refractivity contribution in [3.63, 3.8) is 0 Å². The third-order valence-corrected chi connectivity index (χ3v) is 4.19. The maximum absolute atomic E-state index is 12.2. The fourth-order valence-electron chi connectivity index (χ4n) is 2.92. The van der Waals surface area contributed by atoms with E-state index in [0.29, 0.717) is 17.7 Å². The van der Waals surface area contributed by atoms with Crippen LogP contribution in [0.3, 0.4) is 0 Å². The van der Waals surface area contributed by atoms with Gasteiger partial charge in [0.1, 0.15) is 0 Å². The molecule has 1 aromatic rings. The number of benzene rings is 1. The fourth-order valence-corrected chi connectivity index (χ4v) is 2.92. The van der Waals surface area contributed by atoms with Crippen molar-refractivity contribution in [2.75, 3.05) is 12.4 Å². The van der Waals surface area contributed by atoms with E-state index in [1.807, 2.05) is 6.92 Å². The van der Waals surface area contributed by atoms with Gasteiger partial charge in [-0.3, -0.25) is 9.59 Å². The molecule has 0 atom stereocenters. The molecule has 0 heterocycles. The molecule has 0 aliphatic heterocycles. The normalized spacial score (nSPS) is 16.5. The second-order valence-electron chi connectivity index (χ2n) is 5.85. The summed E-state index contributed by atoms with van der Waals surface area (Å²) in [6, 6.07) is 5.31. The lowest BCUT2D eigenvalue weighted by Gasteiger charge is -2.23. The molecule has 2 amide bonds. The zero-order chi connectivity index (χ0) is 15.5. The first kappa shape index (κ1) is 15.5. The minimum Gasteiger partial charge on any atom is -0.355 e. The number of hydrogen-bond donors (Lipinski definition) is 3. The van der Waals surface area contributed by atoms with Crippen molar-refractivity contribution in [2.45, 2.75) is 44.6 Å². The lowest BCUT2D eigenvalue weighted by Crippen LogP contribution is -2.40. The number of carbonyl (C=O) groups is 2. The average molecular weight is 289 g/mol. The summed E-state index contributed by atoms with van der Waals surface area (Å²) in [6.45, 7) is 1.83. The Hall–Kier alpha value is -1.88. The van der Waals surface area contributed by atoms with Crippen molar-refractivity contribution >= 4 is 17.5 Å². The lowest BCUT2D eigenvalue weighted by atomic mass is 9.94. The van der Waals surface area contributed by atoms with E-state index in [0.717, 1.165) is 31.2 Å². The van der Waals surface area contributed by atoms with Crippen LogP contribution in [0.2, 0.25) is 0 Å². The molecule has 0 saturated heterocycles. The van der Waals surface area contributed by atoms with E-state index in [9.17, 15) is 9.59 Å². The summed E-state index contributed by atoms with van der Waals surface area (Å²) in [5.74, 6) is -0.244. The van der Waals surface area contributed by atoms with Gasteiger partial charge in [-0.05, 0) is 37.5 Å². The van der Waals surface area contributed by atoms with Crippen LogP contribution in [0.1, 0.15) is 48.0 Å². The van der Waals surface area contributed by atoms with E-state index in [1.165, 1.54) is 0 Å². The Morgan fingerprint density at radius 2 is 1.95 bits per heavy atom. The van der Waals surface area contributed by atoms with Crippen LogP contribution >= 0.6 is 0 Å². The van der Waals surface area contributed by atoms with Gasteiger partial charge in [0.2, 0.25) is 5.91 Å². The Kier molecular flexibility index (Phi) is 4.63. The van der Waals surface area contributed by atoms with Crippen molar-refractivity contribution in [3.05, 3.63) is 29.3 Å². The quantitative estimate of drug-likeness (QED) is 0.792. The van der Waals surface area contributed by atoms with Gasteiger partial charge in [-0.2, -0.15) is 0 Å². The summed E-state index contributed by atoms with van der Waals surface area (Å²) in [4.78, 5) is 23.9. The number of rotatable bonds is 4. The highest BCUT2D eigenvalue weighted by atomic mass is 16.2. The Morgan fingerprint density at radius 1 is 1.29 bits per heavy atom. The molecule has 4 N–H and O–H groups in total. The number of hydrogen-bond acceptors (Lipinski definition) is 3. The zero-order valence-electron chi connectivity index (χ0n) is 12.7. The maximum atomic E-state index is 12.2. The van der Waals surface area contributed by atoms with E-state index >= 15 is 0 Å². The molecule has 0 radical (unpaired) electrons. The van der Waals surface area contributed by atoms with Gasteiger partial charge in [0.05, 0.1) is 0 Å². The van der Waals surface area contributed by atoms with Crippen LogP contribution in [0.25, 0.3) is 0 Å². The minimum atomic E-state index is -0.365. The van der Waals surface area contributed by atoms with Crippen LogP contribution < -0.4 is 16.4 Å². The van der Waals surface area contributed by atoms with Crippen LogP contribution in [-0.4, -0.2) is 24.4 Å². The smallest absolute Gasteiger partial charge is 0.251 e. The Bertz CT molecular complexity index is 548. The predicted octanol–water partition coefficient (Wildman–Crippen LogP) is 1.95. The first-order valence-corrected chi connectivity index (χ1v) is 7.36. The average Bonchev–Trinajstić information content (AvgIpc) is 2.86. The van der Waals surface area contributed by atoms with Crippen molar-refractivity contribution in [1.82, 2.24) is 5.32 Å². The van der Waals surface area contributed by atoms with Crippen LogP contribution in [0.15, 0.2) is 18.2 Å². The van der Waals surface area contributed by atoms with E-state index in [4.69, 9.17) is 5.73 Å². The Labute approximate surface area is 125 Å². The fraction of sp³-hybridized carbons (Fsp3) is 0.500. The zero-order valence-corrected chi connectivity index (χ0v) is 12.7. The summed E-state index contributed by atoms with van der Waals surface area (Å²) in [7, 11) is 1.59. The molecule has 1 fully saturated rings. The molecule has 1 saturated carbocycles. The Balaban J connectivity index is 2.09. The predicted molar refractivity (Wildman–Crippen MR) is 83.2 cm³/mol. The molecule has 0 spiro atoms. The highest BCUT2D eigenvalue weighted by Crippen LogP contribution is 2.30. The molecule has 5 heteroatoms. The third-order valence-electron chi connectivity index (χ3n) is 4.19. The van der Waals surface area contributed by atoms with Crippen LogP contribution in [0.4, 0.5) is 5.69 Å². The first-order chi connectivity index (χ1) is 9.95. The third kappa shape index (κ3) is 3.61. The monoisotopic (exact) mass is 289 g/mol. The second kappa shape index (κ2) is 6.26. The molecular weight excluding hydrogens is 266 g/mol. The Morgan fingerprint density at radius 3 is 2.57 bits per heavy atom. The SMILES string of the molecule is CNC(=O)c1cccc(NC(=O)CC2(N)CCCC2)c1C. The second-order valence-corrected chi connectivity index (χ2v) is 5.85. The van der Waals surface area contributed by atoms with Gasteiger partial charge in [0.25, 0.3) is 5.91 Å². The van der Waals surface area contributed by atoms with E-state index in [-0.39, 0.29) is 17.4 Å². The van der Waals surface area contributed by atoms with Gasteiger partial charge in [-0.25, -0.2) is 0 Å². The molecular formula is C16H23N3O2. The van der Waals surface area contributed by atoms with E-state index in [2.05, 4.69) is 10.6 Å². The highest BCUT2D eigenvalue weighted by molar-refractivity contribution is 5.99. The van der Waals surface area contributed by atoms with Crippen molar-refractivity contribution < 1.29 is 9.59 Å². The number of carbonyl (C=O) groups excluding carboxylic acids is 2. The lowest BCUT2D eigenvalue weighted by molar-refractivity contribution is -0.117. The summed E-state index contributed by atoms with van der Waals surface area (Å²) < 4.78 is 0. The minimum absolute atomic E-state index is 0.0865. The topological polar surface area (TPSA) is 84.2 Å². The van der Waals surface area contributed by atoms with Gasteiger partial charge in [0.15, 0.2) is 0 Å². The van der Waals surface area contributed by atoms with E-state index in [1.54, 1.807) is 25.2 Å².